The Hall–Kier alpha value is -2.26. The van der Waals surface area contributed by atoms with Crippen LogP contribution in [0.4, 0.5) is 0 Å². The van der Waals surface area contributed by atoms with Crippen molar-refractivity contribution in [3.05, 3.63) is 71.4 Å². The Labute approximate surface area is 120 Å². The average molecular weight is 276 g/mol. The maximum absolute atomic E-state index is 4.71. The van der Waals surface area contributed by atoms with Crippen molar-refractivity contribution in [2.24, 2.45) is 0 Å². The van der Waals surface area contributed by atoms with Crippen LogP contribution in [0.25, 0.3) is 21.1 Å². The molecule has 0 fully saturated rings. The van der Waals surface area contributed by atoms with Crippen LogP contribution in [0.5, 0.6) is 0 Å². The first kappa shape index (κ1) is 11.6. The molecule has 0 aliphatic heterocycles. The molecule has 2 heterocycles. The molecule has 20 heavy (non-hydrogen) atoms. The molecule has 0 N–H and O–H groups in total. The molecule has 2 aromatic carbocycles. The molecule has 0 bridgehead atoms. The summed E-state index contributed by atoms with van der Waals surface area (Å²) in [5.41, 5.74) is 3.20. The van der Waals surface area contributed by atoms with Gasteiger partial charge >= 0.3 is 0 Å². The lowest BCUT2D eigenvalue weighted by atomic mass is 10.2. The summed E-state index contributed by atoms with van der Waals surface area (Å²) in [6.45, 7) is 0. The minimum absolute atomic E-state index is 0.796. The van der Waals surface area contributed by atoms with Crippen LogP contribution >= 0.6 is 11.3 Å². The highest BCUT2D eigenvalue weighted by Gasteiger charge is 2.05. The third-order valence-electron chi connectivity index (χ3n) is 3.33. The number of rotatable bonds is 2. The first-order valence-corrected chi connectivity index (χ1v) is 7.39. The van der Waals surface area contributed by atoms with Gasteiger partial charge in [0.25, 0.3) is 0 Å². The molecule has 96 valence electrons. The van der Waals surface area contributed by atoms with Gasteiger partial charge < -0.3 is 0 Å². The molecule has 0 saturated heterocycles. The SMILES string of the molecule is c1ccc2nc(Cc3nc4ccccc4s3)ccc2c1. The van der Waals surface area contributed by atoms with Crippen molar-refractivity contribution in [3.8, 4) is 0 Å². The number of nitrogens with zero attached hydrogens (tertiary/aromatic N) is 2. The maximum atomic E-state index is 4.71. The number of pyridine rings is 1. The molecule has 2 aromatic heterocycles. The number of hydrogen-bond acceptors (Lipinski definition) is 3. The molecule has 0 aliphatic carbocycles. The van der Waals surface area contributed by atoms with Crippen molar-refractivity contribution >= 4 is 32.5 Å². The fourth-order valence-corrected chi connectivity index (χ4v) is 3.34. The normalized spacial score (nSPS) is 11.2. The first-order chi connectivity index (χ1) is 9.88. The molecule has 3 heteroatoms. The fraction of sp³-hybridized carbons (Fsp3) is 0.0588. The predicted molar refractivity (Wildman–Crippen MR) is 84.2 cm³/mol. The average Bonchev–Trinajstić information content (AvgIpc) is 2.89. The lowest BCUT2D eigenvalue weighted by Crippen LogP contribution is -1.91. The van der Waals surface area contributed by atoms with Gasteiger partial charge in [0.2, 0.25) is 0 Å². The van der Waals surface area contributed by atoms with Crippen LogP contribution in [0.2, 0.25) is 0 Å². The number of aromatic nitrogens is 2. The molecule has 0 amide bonds. The summed E-state index contributed by atoms with van der Waals surface area (Å²) >= 11 is 1.75. The largest absolute Gasteiger partial charge is 0.252 e. The van der Waals surface area contributed by atoms with Crippen molar-refractivity contribution in [3.63, 3.8) is 0 Å². The number of hydrogen-bond donors (Lipinski definition) is 0. The lowest BCUT2D eigenvalue weighted by Gasteiger charge is -2.00. The highest BCUT2D eigenvalue weighted by Crippen LogP contribution is 2.23. The maximum Gasteiger partial charge on any atom is 0.0998 e. The van der Waals surface area contributed by atoms with E-state index < -0.39 is 0 Å². The zero-order valence-corrected chi connectivity index (χ0v) is 11.6. The van der Waals surface area contributed by atoms with Crippen molar-refractivity contribution in [2.45, 2.75) is 6.42 Å². The summed E-state index contributed by atoms with van der Waals surface area (Å²) < 4.78 is 1.24. The highest BCUT2D eigenvalue weighted by atomic mass is 32.1. The van der Waals surface area contributed by atoms with Crippen LogP contribution < -0.4 is 0 Å². The van der Waals surface area contributed by atoms with Crippen molar-refractivity contribution in [1.82, 2.24) is 9.97 Å². The van der Waals surface area contributed by atoms with Gasteiger partial charge in [0.15, 0.2) is 0 Å². The minimum atomic E-state index is 0.796. The van der Waals surface area contributed by atoms with E-state index in [1.807, 2.05) is 18.2 Å². The lowest BCUT2D eigenvalue weighted by molar-refractivity contribution is 1.08. The summed E-state index contributed by atoms with van der Waals surface area (Å²) in [7, 11) is 0. The van der Waals surface area contributed by atoms with Crippen molar-refractivity contribution in [2.75, 3.05) is 0 Å². The molecule has 0 saturated carbocycles. The van der Waals surface area contributed by atoms with Gasteiger partial charge in [0, 0.05) is 17.5 Å². The van der Waals surface area contributed by atoms with Gasteiger partial charge in [-0.2, -0.15) is 0 Å². The molecule has 0 radical (unpaired) electrons. The molecule has 0 atom stereocenters. The zero-order valence-electron chi connectivity index (χ0n) is 10.8. The molecule has 2 nitrogen and oxygen atoms in total. The quantitative estimate of drug-likeness (QED) is 0.541. The van der Waals surface area contributed by atoms with Crippen LogP contribution in [0.15, 0.2) is 60.7 Å². The van der Waals surface area contributed by atoms with E-state index in [4.69, 9.17) is 4.98 Å². The van der Waals surface area contributed by atoms with E-state index in [1.165, 1.54) is 10.1 Å². The molecule has 0 unspecified atom stereocenters. The Morgan fingerprint density at radius 2 is 1.55 bits per heavy atom. The van der Waals surface area contributed by atoms with Crippen LogP contribution in [0.3, 0.4) is 0 Å². The topological polar surface area (TPSA) is 25.8 Å². The molecular weight excluding hydrogens is 264 g/mol. The monoisotopic (exact) mass is 276 g/mol. The third-order valence-corrected chi connectivity index (χ3v) is 4.36. The first-order valence-electron chi connectivity index (χ1n) is 6.58. The van der Waals surface area contributed by atoms with Gasteiger partial charge in [-0.25, -0.2) is 4.98 Å². The van der Waals surface area contributed by atoms with E-state index in [0.717, 1.165) is 28.2 Å². The zero-order chi connectivity index (χ0) is 13.4. The van der Waals surface area contributed by atoms with E-state index in [1.54, 1.807) is 11.3 Å². The number of para-hydroxylation sites is 2. The van der Waals surface area contributed by atoms with E-state index in [0.29, 0.717) is 0 Å². The Morgan fingerprint density at radius 1 is 0.750 bits per heavy atom. The Bertz CT molecular complexity index is 862. The van der Waals surface area contributed by atoms with Gasteiger partial charge in [0.1, 0.15) is 0 Å². The van der Waals surface area contributed by atoms with Crippen molar-refractivity contribution < 1.29 is 0 Å². The van der Waals surface area contributed by atoms with Crippen LogP contribution in [0, 0.1) is 0 Å². The van der Waals surface area contributed by atoms with Crippen LogP contribution in [-0.4, -0.2) is 9.97 Å². The fourth-order valence-electron chi connectivity index (χ4n) is 2.36. The summed E-state index contributed by atoms with van der Waals surface area (Å²) in [6.07, 6.45) is 0.796. The second-order valence-corrected chi connectivity index (χ2v) is 5.86. The predicted octanol–water partition coefficient (Wildman–Crippen LogP) is 4.44. The highest BCUT2D eigenvalue weighted by molar-refractivity contribution is 7.18. The Morgan fingerprint density at radius 3 is 2.45 bits per heavy atom. The van der Waals surface area contributed by atoms with E-state index in [9.17, 15) is 0 Å². The molecular formula is C17H12N2S. The molecule has 0 aliphatic rings. The Kier molecular flexibility index (Phi) is 2.71. The van der Waals surface area contributed by atoms with Gasteiger partial charge in [-0.15, -0.1) is 11.3 Å². The van der Waals surface area contributed by atoms with Gasteiger partial charge in [0.05, 0.1) is 20.7 Å². The summed E-state index contributed by atoms with van der Waals surface area (Å²) in [5.74, 6) is 0. The second kappa shape index (κ2) is 4.69. The number of benzene rings is 2. The van der Waals surface area contributed by atoms with E-state index in [-0.39, 0.29) is 0 Å². The van der Waals surface area contributed by atoms with Crippen LogP contribution in [0.1, 0.15) is 10.7 Å². The van der Waals surface area contributed by atoms with Gasteiger partial charge in [-0.05, 0) is 24.3 Å². The van der Waals surface area contributed by atoms with Crippen molar-refractivity contribution in [1.29, 1.82) is 0 Å². The van der Waals surface area contributed by atoms with Crippen LogP contribution in [-0.2, 0) is 6.42 Å². The number of fused-ring (bicyclic) bond motifs is 2. The number of thiazole rings is 1. The summed E-state index contributed by atoms with van der Waals surface area (Å²) in [6, 6.07) is 20.7. The van der Waals surface area contributed by atoms with E-state index in [2.05, 4.69) is 47.4 Å². The molecule has 4 rings (SSSR count). The summed E-state index contributed by atoms with van der Waals surface area (Å²) in [5, 5.41) is 2.30. The second-order valence-electron chi connectivity index (χ2n) is 4.75. The molecule has 4 aromatic rings. The van der Waals surface area contributed by atoms with Gasteiger partial charge in [-0.3, -0.25) is 4.98 Å². The third kappa shape index (κ3) is 2.06. The van der Waals surface area contributed by atoms with E-state index >= 15 is 0 Å². The summed E-state index contributed by atoms with van der Waals surface area (Å²) in [4.78, 5) is 9.37. The Balaban J connectivity index is 1.72. The smallest absolute Gasteiger partial charge is 0.0998 e. The van der Waals surface area contributed by atoms with Gasteiger partial charge in [-0.1, -0.05) is 36.4 Å². The minimum Gasteiger partial charge on any atom is -0.252 e. The standard InChI is InChI=1S/C17H12N2S/c1-2-6-14-12(5-1)9-10-13(18-14)11-17-19-15-7-3-4-8-16(15)20-17/h1-10H,11H2. The molecule has 0 spiro atoms.